The van der Waals surface area contributed by atoms with Crippen molar-refractivity contribution in [1.82, 2.24) is 15.0 Å². The minimum Gasteiger partial charge on any atom is -0.390 e. The summed E-state index contributed by atoms with van der Waals surface area (Å²) in [5.74, 6) is 2.17. The van der Waals surface area contributed by atoms with Crippen molar-refractivity contribution in [1.29, 1.82) is 0 Å². The van der Waals surface area contributed by atoms with Gasteiger partial charge in [0.2, 0.25) is 0 Å². The average molecular weight is 526 g/mol. The molecule has 0 bridgehead atoms. The summed E-state index contributed by atoms with van der Waals surface area (Å²) in [5, 5.41) is 19.1. The number of nitrogens with zero attached hydrogens (tertiary/aromatic N) is 3. The van der Waals surface area contributed by atoms with Crippen molar-refractivity contribution in [2.24, 2.45) is 40.4 Å². The Morgan fingerprint density at radius 2 is 1.95 bits per heavy atom. The summed E-state index contributed by atoms with van der Waals surface area (Å²) in [6.07, 6.45) is 9.40. The van der Waals surface area contributed by atoms with Crippen molar-refractivity contribution >= 4 is 16.8 Å². The molecule has 38 heavy (non-hydrogen) atoms. The Kier molecular flexibility index (Phi) is 6.50. The Bertz CT molecular complexity index is 1230. The zero-order valence-electron chi connectivity index (χ0n) is 23.5. The lowest BCUT2D eigenvalue weighted by Crippen LogP contribution is -2.58. The van der Waals surface area contributed by atoms with Gasteiger partial charge < -0.3 is 9.84 Å². The number of aliphatic hydroxyl groups is 1. The van der Waals surface area contributed by atoms with Gasteiger partial charge in [-0.1, -0.05) is 18.2 Å². The Morgan fingerprint density at radius 1 is 1.13 bits per heavy atom. The van der Waals surface area contributed by atoms with Crippen LogP contribution < -0.4 is 0 Å². The van der Waals surface area contributed by atoms with Crippen LogP contribution in [0, 0.1) is 53.2 Å². The summed E-state index contributed by atoms with van der Waals surface area (Å²) >= 11 is 0. The summed E-state index contributed by atoms with van der Waals surface area (Å²) in [5.41, 5.74) is 0.972. The third kappa shape index (κ3) is 3.97. The zero-order chi connectivity index (χ0) is 26.9. The molecule has 0 radical (unpaired) electrons. The highest BCUT2D eigenvalue weighted by molar-refractivity contribution is 5.84. The van der Waals surface area contributed by atoms with Crippen LogP contribution in [0.15, 0.2) is 12.1 Å². The quantitative estimate of drug-likeness (QED) is 0.510. The molecule has 4 saturated carbocycles. The normalized spacial score (nSPS) is 40.5. The van der Waals surface area contributed by atoms with Gasteiger partial charge in [-0.05, 0) is 125 Å². The monoisotopic (exact) mass is 525 g/mol. The maximum absolute atomic E-state index is 14.5. The van der Waals surface area contributed by atoms with E-state index in [9.17, 15) is 14.3 Å². The number of aryl methyl sites for hydroxylation is 1. The molecule has 0 saturated heterocycles. The number of halogens is 1. The molecule has 1 N–H and O–H groups in total. The van der Waals surface area contributed by atoms with Crippen LogP contribution in [0.5, 0.6) is 0 Å². The van der Waals surface area contributed by atoms with E-state index in [2.05, 4.69) is 24.2 Å². The molecule has 0 aliphatic heterocycles. The smallest absolute Gasteiger partial charge is 0.157 e. The molecule has 6 rings (SSSR count). The molecule has 0 spiro atoms. The first-order chi connectivity index (χ1) is 18.1. The van der Waals surface area contributed by atoms with Gasteiger partial charge in [0.15, 0.2) is 11.6 Å². The molecule has 7 heteroatoms. The van der Waals surface area contributed by atoms with E-state index in [4.69, 9.17) is 4.74 Å². The van der Waals surface area contributed by atoms with Crippen LogP contribution in [0.1, 0.15) is 84.1 Å². The zero-order valence-corrected chi connectivity index (χ0v) is 23.5. The fourth-order valence-electron chi connectivity index (χ4n) is 9.82. The number of benzene rings is 1. The van der Waals surface area contributed by atoms with Crippen molar-refractivity contribution in [2.75, 3.05) is 13.2 Å². The first-order valence-electron chi connectivity index (χ1n) is 14.9. The van der Waals surface area contributed by atoms with E-state index in [0.29, 0.717) is 34.8 Å². The number of Topliss-reactive ketones (excluding diaryl/α,β-unsaturated/α-hetero) is 1. The minimum absolute atomic E-state index is 0.00370. The highest BCUT2D eigenvalue weighted by Gasteiger charge is 2.63. The average Bonchev–Trinajstić information content (AvgIpc) is 3.45. The van der Waals surface area contributed by atoms with Crippen molar-refractivity contribution < 1.29 is 19.0 Å². The lowest BCUT2D eigenvalue weighted by Gasteiger charge is -2.62. The van der Waals surface area contributed by atoms with Crippen LogP contribution in [-0.2, 0) is 16.1 Å². The molecule has 4 fully saturated rings. The summed E-state index contributed by atoms with van der Waals surface area (Å²) in [7, 11) is 0. The van der Waals surface area contributed by atoms with Gasteiger partial charge in [-0.25, -0.2) is 9.07 Å². The Morgan fingerprint density at radius 3 is 2.74 bits per heavy atom. The maximum atomic E-state index is 14.5. The van der Waals surface area contributed by atoms with E-state index < -0.39 is 5.60 Å². The number of hydrogen-bond acceptors (Lipinski definition) is 5. The number of rotatable bonds is 6. The SMILES string of the molecule is CCOC[C@]12CC[C@@](C)(O)C[C@@H]1CC[C@H]1[C@@H]3CC[C@H](C(=O)Cn4nnc5c(F)c(C)ccc54)[C@@]3(C)CC[C@@H]12. The molecule has 4 aliphatic carbocycles. The molecule has 1 heterocycles. The number of aromatic nitrogens is 3. The Balaban J connectivity index is 1.23. The molecule has 2 aromatic rings. The Hall–Kier alpha value is -1.86. The van der Waals surface area contributed by atoms with Gasteiger partial charge in [0, 0.05) is 12.5 Å². The molecular formula is C31H44FN3O3. The first kappa shape index (κ1) is 26.4. The molecule has 4 aliphatic rings. The summed E-state index contributed by atoms with van der Waals surface area (Å²) in [6, 6.07) is 3.55. The summed E-state index contributed by atoms with van der Waals surface area (Å²) in [6.45, 7) is 9.90. The van der Waals surface area contributed by atoms with E-state index in [1.54, 1.807) is 17.7 Å². The number of fused-ring (bicyclic) bond motifs is 6. The lowest BCUT2D eigenvalue weighted by molar-refractivity contribution is -0.178. The molecule has 1 aromatic carbocycles. The van der Waals surface area contributed by atoms with Crippen LogP contribution in [0.25, 0.3) is 11.0 Å². The van der Waals surface area contributed by atoms with Crippen LogP contribution >= 0.6 is 0 Å². The van der Waals surface area contributed by atoms with Gasteiger partial charge in [-0.15, -0.1) is 5.10 Å². The first-order valence-corrected chi connectivity index (χ1v) is 14.9. The van der Waals surface area contributed by atoms with Crippen LogP contribution in [0.4, 0.5) is 4.39 Å². The third-order valence-corrected chi connectivity index (χ3v) is 11.7. The predicted octanol–water partition coefficient (Wildman–Crippen LogP) is 5.87. The minimum atomic E-state index is -0.561. The molecule has 0 amide bonds. The highest BCUT2D eigenvalue weighted by atomic mass is 19.1. The molecule has 1 aromatic heterocycles. The van der Waals surface area contributed by atoms with E-state index in [-0.39, 0.29) is 40.4 Å². The van der Waals surface area contributed by atoms with Crippen LogP contribution in [-0.4, -0.2) is 44.7 Å². The third-order valence-electron chi connectivity index (χ3n) is 11.7. The van der Waals surface area contributed by atoms with E-state index in [1.807, 2.05) is 13.0 Å². The maximum Gasteiger partial charge on any atom is 0.157 e. The van der Waals surface area contributed by atoms with Crippen molar-refractivity contribution in [3.8, 4) is 0 Å². The summed E-state index contributed by atoms with van der Waals surface area (Å²) in [4.78, 5) is 13.8. The largest absolute Gasteiger partial charge is 0.390 e. The lowest BCUT2D eigenvalue weighted by atomic mass is 9.43. The fraction of sp³-hybridized carbons (Fsp3) is 0.774. The summed E-state index contributed by atoms with van der Waals surface area (Å²) < 4.78 is 22.3. The van der Waals surface area contributed by atoms with E-state index in [0.717, 1.165) is 64.6 Å². The van der Waals surface area contributed by atoms with Gasteiger partial charge in [-0.3, -0.25) is 4.79 Å². The second kappa shape index (κ2) is 9.36. The molecule has 6 nitrogen and oxygen atoms in total. The standard InChI is InChI=1S/C31H44FN3O3/c1-5-38-18-31-15-14-29(3,37)16-20(31)7-8-21-22-9-10-24(30(22,4)13-12-23(21)31)26(36)17-35-25-11-6-19(2)27(32)28(25)33-34-35/h6,11,20-24,37H,5,7-10,12-18H2,1-4H3/t20-,21-,22-,23-,24+,29+,30-,31+/m0/s1. The van der Waals surface area contributed by atoms with Gasteiger partial charge in [0.1, 0.15) is 12.1 Å². The van der Waals surface area contributed by atoms with Crippen molar-refractivity contribution in [2.45, 2.75) is 97.6 Å². The van der Waals surface area contributed by atoms with Gasteiger partial charge in [0.05, 0.1) is 17.7 Å². The van der Waals surface area contributed by atoms with E-state index >= 15 is 0 Å². The highest BCUT2D eigenvalue weighted by Crippen LogP contribution is 2.68. The van der Waals surface area contributed by atoms with Gasteiger partial charge in [-0.2, -0.15) is 0 Å². The van der Waals surface area contributed by atoms with Crippen molar-refractivity contribution in [3.63, 3.8) is 0 Å². The number of hydrogen-bond donors (Lipinski definition) is 1. The number of carbonyl (C=O) groups excluding carboxylic acids is 1. The molecule has 8 atom stereocenters. The second-order valence-corrected chi connectivity index (χ2v) is 13.7. The number of ether oxygens (including phenoxy) is 1. The van der Waals surface area contributed by atoms with Crippen LogP contribution in [0.2, 0.25) is 0 Å². The van der Waals surface area contributed by atoms with Crippen LogP contribution in [0.3, 0.4) is 0 Å². The molecular weight excluding hydrogens is 481 g/mol. The van der Waals surface area contributed by atoms with Gasteiger partial charge >= 0.3 is 0 Å². The topological polar surface area (TPSA) is 77.2 Å². The van der Waals surface area contributed by atoms with Crippen molar-refractivity contribution in [3.05, 3.63) is 23.5 Å². The molecule has 0 unspecified atom stereocenters. The number of carbonyl (C=O) groups is 1. The number of ketones is 1. The Labute approximate surface area is 225 Å². The predicted molar refractivity (Wildman–Crippen MR) is 144 cm³/mol. The van der Waals surface area contributed by atoms with E-state index in [1.165, 1.54) is 6.42 Å². The van der Waals surface area contributed by atoms with Gasteiger partial charge in [0.25, 0.3) is 0 Å². The fourth-order valence-corrected chi connectivity index (χ4v) is 9.82. The second-order valence-electron chi connectivity index (χ2n) is 13.7. The molecule has 208 valence electrons.